The van der Waals surface area contributed by atoms with E-state index >= 15 is 0 Å². The first-order valence-electron chi connectivity index (χ1n) is 9.72. The van der Waals surface area contributed by atoms with Gasteiger partial charge >= 0.3 is 0 Å². The lowest BCUT2D eigenvalue weighted by atomic mass is 9.99. The second kappa shape index (κ2) is 12.6. The van der Waals surface area contributed by atoms with E-state index in [0.717, 1.165) is 48.1 Å². The topological polar surface area (TPSA) is 71.7 Å². The van der Waals surface area contributed by atoms with Crippen LogP contribution in [-0.4, -0.2) is 24.8 Å². The number of guanidine groups is 1. The smallest absolute Gasteiger partial charge is 0.191 e. The van der Waals surface area contributed by atoms with Gasteiger partial charge in [0.1, 0.15) is 5.75 Å². The van der Waals surface area contributed by atoms with Crippen molar-refractivity contribution in [2.45, 2.75) is 59.5 Å². The zero-order valence-corrected chi connectivity index (χ0v) is 19.9. The summed E-state index contributed by atoms with van der Waals surface area (Å²) in [4.78, 5) is 4.66. The van der Waals surface area contributed by atoms with Crippen LogP contribution in [0.5, 0.6) is 5.75 Å². The maximum absolute atomic E-state index is 5.48. The summed E-state index contributed by atoms with van der Waals surface area (Å²) in [5, 5.41) is 10.8. The van der Waals surface area contributed by atoms with Crippen LogP contribution in [0, 0.1) is 6.92 Å². The Bertz CT molecular complexity index is 742. The average molecular weight is 500 g/mol. The molecule has 7 heteroatoms. The highest BCUT2D eigenvalue weighted by Gasteiger charge is 2.13. The van der Waals surface area contributed by atoms with Crippen LogP contribution in [0.25, 0.3) is 0 Å². The van der Waals surface area contributed by atoms with Crippen molar-refractivity contribution >= 4 is 29.9 Å². The first-order chi connectivity index (χ1) is 13.1. The van der Waals surface area contributed by atoms with Gasteiger partial charge in [-0.1, -0.05) is 31.1 Å². The first kappa shape index (κ1) is 24.3. The normalized spacial score (nSPS) is 11.3. The Morgan fingerprint density at radius 3 is 2.57 bits per heavy atom. The van der Waals surface area contributed by atoms with Crippen LogP contribution in [0.1, 0.15) is 62.1 Å². The van der Waals surface area contributed by atoms with Crippen molar-refractivity contribution in [2.24, 2.45) is 4.99 Å². The minimum atomic E-state index is 0. The Balaban J connectivity index is 0.00000392. The zero-order valence-electron chi connectivity index (χ0n) is 17.5. The van der Waals surface area contributed by atoms with Gasteiger partial charge in [0, 0.05) is 24.1 Å². The molecule has 28 heavy (non-hydrogen) atoms. The fourth-order valence-electron chi connectivity index (χ4n) is 2.97. The standard InChI is InChI=1S/C21H32N4O2.HI/c1-6-16(7-2)19-12-18(27-25-19)14-24-21(22-8-3)23-13-17-10-9-15(4)11-20(17)26-5;/h9-12,16H,6-8,13-14H2,1-5H3,(H2,22,23,24);1H. The van der Waals surface area contributed by atoms with Gasteiger partial charge in [0.2, 0.25) is 0 Å². The average Bonchev–Trinajstić information content (AvgIpc) is 3.14. The van der Waals surface area contributed by atoms with Crippen LogP contribution >= 0.6 is 24.0 Å². The minimum Gasteiger partial charge on any atom is -0.496 e. The Kier molecular flexibility index (Phi) is 11.0. The summed E-state index contributed by atoms with van der Waals surface area (Å²) in [6.45, 7) is 10.3. The summed E-state index contributed by atoms with van der Waals surface area (Å²) >= 11 is 0. The molecule has 1 heterocycles. The van der Waals surface area contributed by atoms with Crippen molar-refractivity contribution in [3.05, 3.63) is 46.8 Å². The molecule has 0 bridgehead atoms. The molecule has 0 aliphatic rings. The molecule has 0 fully saturated rings. The molecule has 0 saturated heterocycles. The number of nitrogens with one attached hydrogen (secondary N) is 2. The predicted molar refractivity (Wildman–Crippen MR) is 125 cm³/mol. The number of aromatic nitrogens is 1. The lowest BCUT2D eigenvalue weighted by Crippen LogP contribution is -2.36. The fourth-order valence-corrected chi connectivity index (χ4v) is 2.97. The Morgan fingerprint density at radius 2 is 1.93 bits per heavy atom. The van der Waals surface area contributed by atoms with Gasteiger partial charge in [-0.25, -0.2) is 4.99 Å². The Morgan fingerprint density at radius 1 is 1.18 bits per heavy atom. The van der Waals surface area contributed by atoms with Gasteiger partial charge in [0.15, 0.2) is 11.7 Å². The van der Waals surface area contributed by atoms with Crippen LogP contribution in [0.3, 0.4) is 0 Å². The number of rotatable bonds is 9. The van der Waals surface area contributed by atoms with E-state index in [1.54, 1.807) is 7.11 Å². The highest BCUT2D eigenvalue weighted by molar-refractivity contribution is 14.0. The van der Waals surface area contributed by atoms with Gasteiger partial charge in [0.25, 0.3) is 0 Å². The van der Waals surface area contributed by atoms with E-state index in [0.29, 0.717) is 19.0 Å². The lowest BCUT2D eigenvalue weighted by molar-refractivity contribution is 0.368. The third-order valence-corrected chi connectivity index (χ3v) is 4.61. The van der Waals surface area contributed by atoms with Crippen LogP contribution in [0.15, 0.2) is 33.8 Å². The minimum absolute atomic E-state index is 0. The second-order valence-corrected chi connectivity index (χ2v) is 6.60. The van der Waals surface area contributed by atoms with Crippen molar-refractivity contribution in [2.75, 3.05) is 13.7 Å². The molecule has 2 aromatic rings. The first-order valence-corrected chi connectivity index (χ1v) is 9.72. The number of hydrogen-bond donors (Lipinski definition) is 2. The summed E-state index contributed by atoms with van der Waals surface area (Å²) in [7, 11) is 1.69. The molecular formula is C21H33IN4O2. The summed E-state index contributed by atoms with van der Waals surface area (Å²) < 4.78 is 10.9. The van der Waals surface area contributed by atoms with Gasteiger partial charge in [-0.05, 0) is 38.3 Å². The SMILES string of the molecule is CCNC(=NCc1ccc(C)cc1OC)NCc1cc(C(CC)CC)no1.I. The molecule has 0 atom stereocenters. The number of aliphatic imine (C=N–C) groups is 1. The third kappa shape index (κ3) is 7.00. The largest absolute Gasteiger partial charge is 0.496 e. The van der Waals surface area contributed by atoms with E-state index in [9.17, 15) is 0 Å². The molecule has 156 valence electrons. The molecule has 6 nitrogen and oxygen atoms in total. The van der Waals surface area contributed by atoms with Gasteiger partial charge < -0.3 is 19.9 Å². The van der Waals surface area contributed by atoms with E-state index in [-0.39, 0.29) is 24.0 Å². The second-order valence-electron chi connectivity index (χ2n) is 6.60. The molecule has 1 aromatic heterocycles. The summed E-state index contributed by atoms with van der Waals surface area (Å²) in [5.41, 5.74) is 3.25. The van der Waals surface area contributed by atoms with Gasteiger partial charge in [-0.3, -0.25) is 0 Å². The van der Waals surface area contributed by atoms with Crippen molar-refractivity contribution in [3.8, 4) is 5.75 Å². The number of nitrogens with zero attached hydrogens (tertiary/aromatic N) is 2. The number of ether oxygens (including phenoxy) is 1. The van der Waals surface area contributed by atoms with Gasteiger partial charge in [-0.2, -0.15) is 0 Å². The fraction of sp³-hybridized carbons (Fsp3) is 0.524. The number of benzene rings is 1. The molecule has 0 radical (unpaired) electrons. The molecule has 0 spiro atoms. The van der Waals surface area contributed by atoms with Crippen LogP contribution in [0.2, 0.25) is 0 Å². The quantitative estimate of drug-likeness (QED) is 0.295. The monoisotopic (exact) mass is 500 g/mol. The van der Waals surface area contributed by atoms with Crippen LogP contribution in [0.4, 0.5) is 0 Å². The third-order valence-electron chi connectivity index (χ3n) is 4.61. The molecular weight excluding hydrogens is 467 g/mol. The molecule has 0 saturated carbocycles. The highest BCUT2D eigenvalue weighted by atomic mass is 127. The number of aryl methyl sites for hydroxylation is 1. The Labute approximate surface area is 185 Å². The highest BCUT2D eigenvalue weighted by Crippen LogP contribution is 2.22. The maximum atomic E-state index is 5.48. The van der Waals surface area contributed by atoms with Crippen molar-refractivity contribution < 1.29 is 9.26 Å². The molecule has 0 unspecified atom stereocenters. The molecule has 0 amide bonds. The van der Waals surface area contributed by atoms with E-state index in [4.69, 9.17) is 9.26 Å². The number of halogens is 1. The van der Waals surface area contributed by atoms with E-state index < -0.39 is 0 Å². The van der Waals surface area contributed by atoms with E-state index in [1.807, 2.05) is 19.1 Å². The number of hydrogen-bond acceptors (Lipinski definition) is 4. The van der Waals surface area contributed by atoms with E-state index in [2.05, 4.69) is 53.7 Å². The molecule has 1 aromatic carbocycles. The Hall–Kier alpha value is -1.77. The van der Waals surface area contributed by atoms with Crippen molar-refractivity contribution in [3.63, 3.8) is 0 Å². The van der Waals surface area contributed by atoms with E-state index in [1.165, 1.54) is 5.56 Å². The van der Waals surface area contributed by atoms with Crippen molar-refractivity contribution in [1.29, 1.82) is 0 Å². The molecule has 0 aliphatic carbocycles. The van der Waals surface area contributed by atoms with Gasteiger partial charge in [0.05, 0.1) is 25.9 Å². The summed E-state index contributed by atoms with van der Waals surface area (Å²) in [6.07, 6.45) is 2.14. The molecule has 0 aliphatic heterocycles. The van der Waals surface area contributed by atoms with Crippen molar-refractivity contribution in [1.82, 2.24) is 15.8 Å². The molecule has 2 rings (SSSR count). The maximum Gasteiger partial charge on any atom is 0.191 e. The van der Waals surface area contributed by atoms with Gasteiger partial charge in [-0.15, -0.1) is 24.0 Å². The van der Waals surface area contributed by atoms with Crippen LogP contribution in [-0.2, 0) is 13.1 Å². The lowest BCUT2D eigenvalue weighted by Gasteiger charge is -2.11. The predicted octanol–water partition coefficient (Wildman–Crippen LogP) is 4.77. The van der Waals surface area contributed by atoms with Crippen LogP contribution < -0.4 is 15.4 Å². The summed E-state index contributed by atoms with van der Waals surface area (Å²) in [5.74, 6) is 2.87. The number of methoxy groups -OCH3 is 1. The molecule has 2 N–H and O–H groups in total. The zero-order chi connectivity index (χ0) is 19.6. The summed E-state index contributed by atoms with van der Waals surface area (Å²) in [6, 6.07) is 8.19.